The molecule has 0 saturated carbocycles. The Morgan fingerprint density at radius 3 is 2.57 bits per heavy atom. The summed E-state index contributed by atoms with van der Waals surface area (Å²) in [5.41, 5.74) is 2.31. The Morgan fingerprint density at radius 1 is 1.00 bits per heavy atom. The molecule has 140 valence electrons. The molecule has 4 nitrogen and oxygen atoms in total. The minimum atomic E-state index is -0.443. The van der Waals surface area contributed by atoms with Crippen LogP contribution in [0.2, 0.25) is 0 Å². The lowest BCUT2D eigenvalue weighted by Gasteiger charge is -2.09. The van der Waals surface area contributed by atoms with Crippen LogP contribution in [0.5, 0.6) is 11.5 Å². The maximum absolute atomic E-state index is 13.8. The van der Waals surface area contributed by atoms with Crippen molar-refractivity contribution in [1.29, 1.82) is 0 Å². The summed E-state index contributed by atoms with van der Waals surface area (Å²) in [6.45, 7) is 0.179. The summed E-state index contributed by atoms with van der Waals surface area (Å²) in [6.07, 6.45) is 1.46. The van der Waals surface area contributed by atoms with E-state index in [-0.39, 0.29) is 17.8 Å². The van der Waals surface area contributed by atoms with Gasteiger partial charge in [0.2, 0.25) is 0 Å². The molecule has 1 aromatic heterocycles. The van der Waals surface area contributed by atoms with Crippen LogP contribution in [0.25, 0.3) is 22.1 Å². The molecule has 0 aliphatic carbocycles. The highest BCUT2D eigenvalue weighted by Crippen LogP contribution is 2.24. The molecule has 0 saturated heterocycles. The first kappa shape index (κ1) is 17.8. The SMILES string of the molecule is COc1ccc(COc2ccc3c(=O)c(-c4ccccc4)coc3c2)cc1F. The molecule has 0 aliphatic heterocycles. The van der Waals surface area contributed by atoms with Crippen molar-refractivity contribution in [2.45, 2.75) is 6.61 Å². The Labute approximate surface area is 160 Å². The number of rotatable bonds is 5. The van der Waals surface area contributed by atoms with Crippen LogP contribution < -0.4 is 14.9 Å². The number of hydrogen-bond donors (Lipinski definition) is 0. The molecule has 0 radical (unpaired) electrons. The molecule has 0 fully saturated rings. The van der Waals surface area contributed by atoms with Crippen LogP contribution in [0.3, 0.4) is 0 Å². The predicted molar refractivity (Wildman–Crippen MR) is 105 cm³/mol. The van der Waals surface area contributed by atoms with E-state index in [2.05, 4.69) is 0 Å². The second-order valence-electron chi connectivity index (χ2n) is 6.26. The molecule has 4 aromatic rings. The first-order valence-corrected chi connectivity index (χ1v) is 8.72. The zero-order valence-corrected chi connectivity index (χ0v) is 15.1. The summed E-state index contributed by atoms with van der Waals surface area (Å²) in [5.74, 6) is 0.270. The van der Waals surface area contributed by atoms with E-state index in [0.717, 1.165) is 5.56 Å². The van der Waals surface area contributed by atoms with E-state index < -0.39 is 5.82 Å². The van der Waals surface area contributed by atoms with Gasteiger partial charge in [0, 0.05) is 6.07 Å². The van der Waals surface area contributed by atoms with Crippen molar-refractivity contribution in [2.75, 3.05) is 7.11 Å². The number of benzene rings is 3. The van der Waals surface area contributed by atoms with E-state index in [9.17, 15) is 9.18 Å². The Balaban J connectivity index is 1.58. The van der Waals surface area contributed by atoms with Gasteiger partial charge in [0.15, 0.2) is 17.0 Å². The van der Waals surface area contributed by atoms with E-state index in [0.29, 0.717) is 27.8 Å². The largest absolute Gasteiger partial charge is 0.494 e. The van der Waals surface area contributed by atoms with E-state index in [4.69, 9.17) is 13.9 Å². The van der Waals surface area contributed by atoms with Crippen molar-refractivity contribution >= 4 is 11.0 Å². The summed E-state index contributed by atoms with van der Waals surface area (Å²) >= 11 is 0. The van der Waals surface area contributed by atoms with E-state index >= 15 is 0 Å². The Hall–Kier alpha value is -3.60. The third-order valence-electron chi connectivity index (χ3n) is 4.45. The Kier molecular flexibility index (Phi) is 4.81. The molecule has 28 heavy (non-hydrogen) atoms. The minimum absolute atomic E-state index is 0.101. The summed E-state index contributed by atoms with van der Waals surface area (Å²) in [6, 6.07) is 19.1. The predicted octanol–water partition coefficient (Wildman–Crippen LogP) is 5.19. The lowest BCUT2D eigenvalue weighted by molar-refractivity contribution is 0.304. The smallest absolute Gasteiger partial charge is 0.200 e. The van der Waals surface area contributed by atoms with Gasteiger partial charge in [-0.25, -0.2) is 4.39 Å². The van der Waals surface area contributed by atoms with Gasteiger partial charge < -0.3 is 13.9 Å². The van der Waals surface area contributed by atoms with Gasteiger partial charge in [0.05, 0.1) is 18.1 Å². The van der Waals surface area contributed by atoms with Crippen LogP contribution in [-0.2, 0) is 6.61 Å². The third kappa shape index (κ3) is 3.47. The molecule has 0 aliphatic rings. The molecule has 1 heterocycles. The van der Waals surface area contributed by atoms with Crippen molar-refractivity contribution in [3.63, 3.8) is 0 Å². The Bertz CT molecular complexity index is 1180. The minimum Gasteiger partial charge on any atom is -0.494 e. The summed E-state index contributed by atoms with van der Waals surface area (Å²) < 4.78 is 30.1. The van der Waals surface area contributed by atoms with Gasteiger partial charge in [-0.1, -0.05) is 36.4 Å². The molecule has 0 spiro atoms. The normalized spacial score (nSPS) is 10.8. The lowest BCUT2D eigenvalue weighted by atomic mass is 10.1. The maximum atomic E-state index is 13.8. The Morgan fingerprint density at radius 2 is 1.82 bits per heavy atom. The summed E-state index contributed by atoms with van der Waals surface area (Å²) in [5, 5.41) is 0.476. The van der Waals surface area contributed by atoms with Crippen LogP contribution >= 0.6 is 0 Å². The fourth-order valence-electron chi connectivity index (χ4n) is 2.98. The molecule has 3 aromatic carbocycles. The van der Waals surface area contributed by atoms with Gasteiger partial charge in [-0.15, -0.1) is 0 Å². The first-order valence-electron chi connectivity index (χ1n) is 8.72. The van der Waals surface area contributed by atoms with Crippen molar-refractivity contribution in [2.24, 2.45) is 0 Å². The molecule has 0 N–H and O–H groups in total. The number of methoxy groups -OCH3 is 1. The van der Waals surface area contributed by atoms with Gasteiger partial charge in [0.25, 0.3) is 0 Å². The van der Waals surface area contributed by atoms with E-state index in [1.807, 2.05) is 30.3 Å². The highest BCUT2D eigenvalue weighted by atomic mass is 19.1. The van der Waals surface area contributed by atoms with Crippen LogP contribution in [0.4, 0.5) is 4.39 Å². The topological polar surface area (TPSA) is 48.7 Å². The summed E-state index contributed by atoms with van der Waals surface area (Å²) in [7, 11) is 1.42. The van der Waals surface area contributed by atoms with E-state index in [1.54, 1.807) is 30.3 Å². The zero-order valence-electron chi connectivity index (χ0n) is 15.1. The molecule has 5 heteroatoms. The van der Waals surface area contributed by atoms with Gasteiger partial charge in [-0.2, -0.15) is 0 Å². The molecular formula is C23H17FO4. The monoisotopic (exact) mass is 376 g/mol. The van der Waals surface area contributed by atoms with Gasteiger partial charge in [-0.05, 0) is 35.4 Å². The molecular weight excluding hydrogens is 359 g/mol. The average Bonchev–Trinajstić information content (AvgIpc) is 2.73. The molecule has 0 unspecified atom stereocenters. The number of halogens is 1. The fourth-order valence-corrected chi connectivity index (χ4v) is 2.98. The van der Waals surface area contributed by atoms with Gasteiger partial charge in [-0.3, -0.25) is 4.79 Å². The first-order chi connectivity index (χ1) is 13.7. The number of ether oxygens (including phenoxy) is 2. The summed E-state index contributed by atoms with van der Waals surface area (Å²) in [4.78, 5) is 12.8. The molecule has 4 rings (SSSR count). The van der Waals surface area contributed by atoms with Crippen molar-refractivity contribution < 1.29 is 18.3 Å². The second-order valence-corrected chi connectivity index (χ2v) is 6.26. The van der Waals surface area contributed by atoms with Crippen molar-refractivity contribution in [1.82, 2.24) is 0 Å². The van der Waals surface area contributed by atoms with E-state index in [1.165, 1.54) is 19.4 Å². The van der Waals surface area contributed by atoms with Crippen LogP contribution in [-0.4, -0.2) is 7.11 Å². The fraction of sp³-hybridized carbons (Fsp3) is 0.0870. The van der Waals surface area contributed by atoms with Gasteiger partial charge >= 0.3 is 0 Å². The number of hydrogen-bond acceptors (Lipinski definition) is 4. The zero-order chi connectivity index (χ0) is 19.5. The standard InChI is InChI=1S/C23H17FO4/c1-26-21-10-7-15(11-20(21)24)13-27-17-8-9-18-22(12-17)28-14-19(23(18)25)16-5-3-2-4-6-16/h2-12,14H,13H2,1H3. The maximum Gasteiger partial charge on any atom is 0.200 e. The van der Waals surface area contributed by atoms with Gasteiger partial charge in [0.1, 0.15) is 24.2 Å². The van der Waals surface area contributed by atoms with Crippen molar-refractivity contribution in [3.8, 4) is 22.6 Å². The average molecular weight is 376 g/mol. The quantitative estimate of drug-likeness (QED) is 0.481. The van der Waals surface area contributed by atoms with Crippen LogP contribution in [0.15, 0.2) is 82.2 Å². The third-order valence-corrected chi connectivity index (χ3v) is 4.45. The van der Waals surface area contributed by atoms with Crippen molar-refractivity contribution in [3.05, 3.63) is 94.6 Å². The lowest BCUT2D eigenvalue weighted by Crippen LogP contribution is -2.05. The molecule has 0 bridgehead atoms. The van der Waals surface area contributed by atoms with Crippen LogP contribution in [0, 0.1) is 5.82 Å². The molecule has 0 amide bonds. The molecule has 0 atom stereocenters. The second kappa shape index (κ2) is 7.56. The highest BCUT2D eigenvalue weighted by Gasteiger charge is 2.10. The highest BCUT2D eigenvalue weighted by molar-refractivity contribution is 5.82. The number of fused-ring (bicyclic) bond motifs is 1. The van der Waals surface area contributed by atoms with Crippen LogP contribution in [0.1, 0.15) is 5.56 Å².